The highest BCUT2D eigenvalue weighted by Gasteiger charge is 2.20. The highest BCUT2D eigenvalue weighted by atomic mass is 16.3. The fraction of sp³-hybridized carbons (Fsp3) is 0.0938. The number of hydrogen-bond donors (Lipinski definition) is 1. The van der Waals surface area contributed by atoms with Gasteiger partial charge in [-0.1, -0.05) is 42.5 Å². The van der Waals surface area contributed by atoms with Gasteiger partial charge in [0.2, 0.25) is 0 Å². The fourth-order valence-electron chi connectivity index (χ4n) is 4.74. The molecule has 0 fully saturated rings. The predicted molar refractivity (Wildman–Crippen MR) is 156 cm³/mol. The van der Waals surface area contributed by atoms with Crippen LogP contribution in [0, 0.1) is 0 Å². The van der Waals surface area contributed by atoms with E-state index in [1.54, 1.807) is 6.20 Å². The summed E-state index contributed by atoms with van der Waals surface area (Å²) >= 11 is 0. The molecule has 6 aromatic rings. The molecule has 1 amide bonds. The van der Waals surface area contributed by atoms with Gasteiger partial charge in [0.25, 0.3) is 5.91 Å². The van der Waals surface area contributed by atoms with Gasteiger partial charge in [-0.25, -0.2) is 9.97 Å². The van der Waals surface area contributed by atoms with Crippen molar-refractivity contribution >= 4 is 50.7 Å². The highest BCUT2D eigenvalue weighted by molar-refractivity contribution is 6.10. The average Bonchev–Trinajstić information content (AvgIpc) is 3.34. The molecule has 2 heterocycles. The molecular formula is C32H27N5O2. The van der Waals surface area contributed by atoms with Crippen LogP contribution in [0.5, 0.6) is 0 Å². The molecular weight excluding hydrogens is 486 g/mol. The number of aromatic nitrogens is 2. The summed E-state index contributed by atoms with van der Waals surface area (Å²) in [7, 11) is 4.04. The second-order valence-electron chi connectivity index (χ2n) is 9.59. The number of carbonyl (C=O) groups excluding carboxylic acids is 1. The van der Waals surface area contributed by atoms with E-state index in [4.69, 9.17) is 4.42 Å². The van der Waals surface area contributed by atoms with E-state index in [0.29, 0.717) is 17.1 Å². The zero-order valence-corrected chi connectivity index (χ0v) is 21.7. The van der Waals surface area contributed by atoms with Gasteiger partial charge in [-0.2, -0.15) is 0 Å². The van der Waals surface area contributed by atoms with Crippen LogP contribution in [0.2, 0.25) is 0 Å². The highest BCUT2D eigenvalue weighted by Crippen LogP contribution is 2.41. The third-order valence-electron chi connectivity index (χ3n) is 6.52. The van der Waals surface area contributed by atoms with E-state index in [1.165, 1.54) is 6.33 Å². The number of benzene rings is 4. The number of nitrogens with one attached hydrogen (secondary N) is 1. The lowest BCUT2D eigenvalue weighted by molar-refractivity contribution is 0.102. The minimum absolute atomic E-state index is 0.154. The molecule has 7 nitrogen and oxygen atoms in total. The Morgan fingerprint density at radius 3 is 2.36 bits per heavy atom. The summed E-state index contributed by atoms with van der Waals surface area (Å²) in [6.45, 7) is 0.827. The molecule has 0 saturated heterocycles. The SMILES string of the molecule is CN(C)Cc1ccc(C(=O)Nc2ccc(N(c3ccncn3)c3cccc4c3oc3ccccc34)cc2)cc1. The monoisotopic (exact) mass is 513 g/mol. The second-order valence-corrected chi connectivity index (χ2v) is 9.59. The topological polar surface area (TPSA) is 74.5 Å². The minimum Gasteiger partial charge on any atom is -0.454 e. The van der Waals surface area contributed by atoms with Crippen molar-refractivity contribution in [1.82, 2.24) is 14.9 Å². The standard InChI is InChI=1S/C32H27N5O2/c1-36(2)20-22-10-12-23(13-11-22)32(38)35-24-14-16-25(17-15-24)37(30-18-19-33-21-34-30)28-8-5-7-27-26-6-3-4-9-29(26)39-31(27)28/h3-19,21H,20H2,1-2H3,(H,35,38). The van der Waals surface area contributed by atoms with Gasteiger partial charge in [-0.15, -0.1) is 0 Å². The van der Waals surface area contributed by atoms with Crippen LogP contribution in [0.15, 0.2) is 114 Å². The molecule has 0 spiro atoms. The van der Waals surface area contributed by atoms with Crippen LogP contribution in [-0.4, -0.2) is 34.9 Å². The van der Waals surface area contributed by atoms with Crippen LogP contribution >= 0.6 is 0 Å². The molecule has 0 aliphatic carbocycles. The Morgan fingerprint density at radius 2 is 1.62 bits per heavy atom. The second kappa shape index (κ2) is 10.4. The van der Waals surface area contributed by atoms with Gasteiger partial charge in [-0.3, -0.25) is 9.69 Å². The molecule has 0 unspecified atom stereocenters. The smallest absolute Gasteiger partial charge is 0.255 e. The Bertz CT molecular complexity index is 1740. The zero-order chi connectivity index (χ0) is 26.8. The van der Waals surface area contributed by atoms with Crippen molar-refractivity contribution in [3.63, 3.8) is 0 Å². The number of amides is 1. The maximum atomic E-state index is 12.9. The number of rotatable bonds is 7. The maximum Gasteiger partial charge on any atom is 0.255 e. The van der Waals surface area contributed by atoms with Gasteiger partial charge < -0.3 is 14.6 Å². The molecule has 4 aromatic carbocycles. The van der Waals surface area contributed by atoms with E-state index < -0.39 is 0 Å². The van der Waals surface area contributed by atoms with Crippen molar-refractivity contribution in [3.8, 4) is 0 Å². The van der Waals surface area contributed by atoms with Crippen molar-refractivity contribution in [3.05, 3.63) is 121 Å². The number of anilines is 4. The first-order valence-electron chi connectivity index (χ1n) is 12.7. The predicted octanol–water partition coefficient (Wildman–Crippen LogP) is 7.16. The first-order valence-corrected chi connectivity index (χ1v) is 12.7. The summed E-state index contributed by atoms with van der Waals surface area (Å²) < 4.78 is 6.32. The van der Waals surface area contributed by atoms with Gasteiger partial charge in [0.1, 0.15) is 17.7 Å². The van der Waals surface area contributed by atoms with Gasteiger partial charge in [0, 0.05) is 40.5 Å². The van der Waals surface area contributed by atoms with Crippen molar-refractivity contribution in [2.75, 3.05) is 24.3 Å². The van der Waals surface area contributed by atoms with Gasteiger partial charge in [0.05, 0.1) is 5.69 Å². The minimum atomic E-state index is -0.154. The van der Waals surface area contributed by atoms with Gasteiger partial charge >= 0.3 is 0 Å². The van der Waals surface area contributed by atoms with Crippen molar-refractivity contribution in [2.24, 2.45) is 0 Å². The van der Waals surface area contributed by atoms with Crippen LogP contribution in [-0.2, 0) is 6.54 Å². The lowest BCUT2D eigenvalue weighted by Gasteiger charge is -2.24. The molecule has 7 heteroatoms. The van der Waals surface area contributed by atoms with Crippen LogP contribution in [0.25, 0.3) is 21.9 Å². The molecule has 192 valence electrons. The van der Waals surface area contributed by atoms with Gasteiger partial charge in [0.15, 0.2) is 5.58 Å². The van der Waals surface area contributed by atoms with Crippen LogP contribution < -0.4 is 10.2 Å². The molecule has 39 heavy (non-hydrogen) atoms. The van der Waals surface area contributed by atoms with E-state index in [0.717, 1.165) is 45.4 Å². The molecule has 0 aliphatic rings. The Labute approximate surface area is 226 Å². The Kier molecular flexibility index (Phi) is 6.49. The summed E-state index contributed by atoms with van der Waals surface area (Å²) in [5.41, 5.74) is 5.80. The van der Waals surface area contributed by atoms with Crippen LogP contribution in [0.4, 0.5) is 22.9 Å². The number of hydrogen-bond acceptors (Lipinski definition) is 6. The average molecular weight is 514 g/mol. The van der Waals surface area contributed by atoms with E-state index in [9.17, 15) is 4.79 Å². The zero-order valence-electron chi connectivity index (χ0n) is 21.7. The van der Waals surface area contributed by atoms with Crippen molar-refractivity contribution in [1.29, 1.82) is 0 Å². The number of fused-ring (bicyclic) bond motifs is 3. The fourth-order valence-corrected chi connectivity index (χ4v) is 4.74. The largest absolute Gasteiger partial charge is 0.454 e. The Morgan fingerprint density at radius 1 is 0.846 bits per heavy atom. The first-order chi connectivity index (χ1) is 19.1. The number of carbonyl (C=O) groups is 1. The van der Waals surface area contributed by atoms with Crippen LogP contribution in [0.3, 0.4) is 0 Å². The van der Waals surface area contributed by atoms with E-state index in [2.05, 4.69) is 32.3 Å². The molecule has 0 saturated carbocycles. The quantitative estimate of drug-likeness (QED) is 0.244. The number of nitrogens with zero attached hydrogens (tertiary/aromatic N) is 4. The summed E-state index contributed by atoms with van der Waals surface area (Å²) in [6, 6.07) is 31.3. The van der Waals surface area contributed by atoms with Crippen molar-refractivity contribution < 1.29 is 9.21 Å². The Balaban J connectivity index is 1.32. The molecule has 2 aromatic heterocycles. The molecule has 0 aliphatic heterocycles. The van der Waals surface area contributed by atoms with Gasteiger partial charge in [-0.05, 0) is 74.3 Å². The summed E-state index contributed by atoms with van der Waals surface area (Å²) in [5.74, 6) is 0.548. The number of para-hydroxylation sites is 2. The Hall–Kier alpha value is -5.01. The molecule has 0 radical (unpaired) electrons. The van der Waals surface area contributed by atoms with E-state index >= 15 is 0 Å². The lowest BCUT2D eigenvalue weighted by Crippen LogP contribution is -2.14. The van der Waals surface area contributed by atoms with Crippen molar-refractivity contribution in [2.45, 2.75) is 6.54 Å². The maximum absolute atomic E-state index is 12.9. The third-order valence-corrected chi connectivity index (χ3v) is 6.52. The lowest BCUT2D eigenvalue weighted by atomic mass is 10.1. The van der Waals surface area contributed by atoms with E-state index in [-0.39, 0.29) is 5.91 Å². The first kappa shape index (κ1) is 24.3. The van der Waals surface area contributed by atoms with E-state index in [1.807, 2.05) is 104 Å². The molecule has 0 bridgehead atoms. The molecule has 1 N–H and O–H groups in total. The number of furan rings is 1. The summed E-state index contributed by atoms with van der Waals surface area (Å²) in [6.07, 6.45) is 3.24. The van der Waals surface area contributed by atoms with Crippen LogP contribution in [0.1, 0.15) is 15.9 Å². The molecule has 6 rings (SSSR count). The summed E-state index contributed by atoms with van der Waals surface area (Å²) in [4.78, 5) is 25.6. The molecule has 0 atom stereocenters. The normalized spacial score (nSPS) is 11.3. The third kappa shape index (κ3) is 4.95. The summed E-state index contributed by atoms with van der Waals surface area (Å²) in [5, 5.41) is 5.09.